The lowest BCUT2D eigenvalue weighted by Crippen LogP contribution is -2.47. The molecule has 0 aromatic heterocycles. The maximum Gasteiger partial charge on any atom is 0.338 e. The molecule has 4 fully saturated rings. The zero-order valence-electron chi connectivity index (χ0n) is 43.4. The summed E-state index contributed by atoms with van der Waals surface area (Å²) in [5.41, 5.74) is -1.41. The summed E-state index contributed by atoms with van der Waals surface area (Å²) in [6, 6.07) is 6.07. The van der Waals surface area contributed by atoms with Crippen LogP contribution in [-0.2, 0) is 18.9 Å². The SMILES string of the molecule is CN1C(C)(C)CC(COC(=O)c2ccc(C(=O)OCC3CC(C)(C)N(C)C3(C)C)c3c(C(=O)OCC4CC(C)(C)N(C)C4(C)C)ccc(C(=O)OCC4CC(C)(C)NC4(C)C)c23)C1(C)C. The van der Waals surface area contributed by atoms with E-state index in [9.17, 15) is 19.2 Å². The monoisotopic (exact) mass is 903 g/mol. The van der Waals surface area contributed by atoms with Gasteiger partial charge in [0.1, 0.15) is 0 Å². The van der Waals surface area contributed by atoms with E-state index in [-0.39, 0.29) is 127 Å². The Bertz CT molecular complexity index is 2140. The van der Waals surface area contributed by atoms with Crippen LogP contribution in [-0.4, -0.2) is 130 Å². The molecule has 1 N–H and O–H groups in total. The van der Waals surface area contributed by atoms with Gasteiger partial charge in [-0.25, -0.2) is 19.2 Å². The van der Waals surface area contributed by atoms with E-state index in [2.05, 4.69) is 152 Å². The molecule has 12 nitrogen and oxygen atoms in total. The van der Waals surface area contributed by atoms with Crippen LogP contribution in [0.1, 0.15) is 178 Å². The van der Waals surface area contributed by atoms with E-state index >= 15 is 0 Å². The van der Waals surface area contributed by atoms with Gasteiger partial charge in [0.15, 0.2) is 0 Å². The minimum atomic E-state index is -0.675. The van der Waals surface area contributed by atoms with E-state index < -0.39 is 23.9 Å². The van der Waals surface area contributed by atoms with Crippen LogP contribution in [0.3, 0.4) is 0 Å². The van der Waals surface area contributed by atoms with Crippen LogP contribution in [0, 0.1) is 23.7 Å². The molecule has 0 amide bonds. The molecule has 2 aromatic rings. The number of hydrogen-bond donors (Lipinski definition) is 1. The van der Waals surface area contributed by atoms with Gasteiger partial charge in [-0.05, 0) is 182 Å². The Morgan fingerprint density at radius 2 is 0.692 bits per heavy atom. The van der Waals surface area contributed by atoms with Crippen molar-refractivity contribution in [3.8, 4) is 0 Å². The van der Waals surface area contributed by atoms with E-state index in [4.69, 9.17) is 18.9 Å². The maximum absolute atomic E-state index is 14.6. The molecule has 2 aromatic carbocycles. The van der Waals surface area contributed by atoms with Crippen LogP contribution in [0.2, 0.25) is 0 Å². The molecule has 0 bridgehead atoms. The van der Waals surface area contributed by atoms with Crippen molar-refractivity contribution in [2.24, 2.45) is 23.7 Å². The molecule has 4 atom stereocenters. The summed E-state index contributed by atoms with van der Waals surface area (Å²) < 4.78 is 24.7. The fourth-order valence-corrected chi connectivity index (χ4v) is 12.3. The predicted molar refractivity (Wildman–Crippen MR) is 257 cm³/mol. The van der Waals surface area contributed by atoms with E-state index in [1.54, 1.807) is 0 Å². The van der Waals surface area contributed by atoms with Crippen molar-refractivity contribution < 1.29 is 38.1 Å². The third-order valence-electron chi connectivity index (χ3n) is 17.7. The summed E-state index contributed by atoms with van der Waals surface area (Å²) in [5, 5.41) is 3.85. The number of nitrogens with one attached hydrogen (secondary N) is 1. The molecule has 362 valence electrons. The number of ether oxygens (including phenoxy) is 4. The molecule has 0 saturated carbocycles. The van der Waals surface area contributed by atoms with Crippen LogP contribution < -0.4 is 5.32 Å². The number of benzene rings is 2. The predicted octanol–water partition coefficient (Wildman–Crippen LogP) is 9.16. The second kappa shape index (κ2) is 16.9. The van der Waals surface area contributed by atoms with Crippen molar-refractivity contribution in [2.45, 2.75) is 181 Å². The molecular formula is C53H82N4O8. The number of hydrogen-bond acceptors (Lipinski definition) is 12. The molecular weight excluding hydrogens is 821 g/mol. The van der Waals surface area contributed by atoms with Gasteiger partial charge in [0.2, 0.25) is 0 Å². The van der Waals surface area contributed by atoms with E-state index in [0.717, 1.165) is 25.7 Å². The van der Waals surface area contributed by atoms with Crippen molar-refractivity contribution in [2.75, 3.05) is 47.6 Å². The lowest BCUT2D eigenvalue weighted by atomic mass is 9.87. The quantitative estimate of drug-likeness (QED) is 0.161. The van der Waals surface area contributed by atoms with Crippen molar-refractivity contribution in [3.05, 3.63) is 46.5 Å². The highest BCUT2D eigenvalue weighted by molar-refractivity contribution is 6.22. The van der Waals surface area contributed by atoms with Crippen molar-refractivity contribution in [1.82, 2.24) is 20.0 Å². The molecule has 12 heteroatoms. The van der Waals surface area contributed by atoms with E-state index in [1.807, 2.05) is 0 Å². The van der Waals surface area contributed by atoms with E-state index in [1.165, 1.54) is 24.3 Å². The smallest absolute Gasteiger partial charge is 0.338 e. The molecule has 4 heterocycles. The molecule has 0 radical (unpaired) electrons. The number of esters is 4. The van der Waals surface area contributed by atoms with Gasteiger partial charge in [-0.1, -0.05) is 0 Å². The topological polar surface area (TPSA) is 127 Å². The van der Waals surface area contributed by atoms with Gasteiger partial charge in [-0.15, -0.1) is 0 Å². The molecule has 4 aliphatic heterocycles. The summed E-state index contributed by atoms with van der Waals surface area (Å²) in [6.07, 6.45) is 3.20. The van der Waals surface area contributed by atoms with Gasteiger partial charge < -0.3 is 24.3 Å². The highest BCUT2D eigenvalue weighted by atomic mass is 16.5. The minimum absolute atomic E-state index is 0.00167. The largest absolute Gasteiger partial charge is 0.462 e. The summed E-state index contributed by atoms with van der Waals surface area (Å²) in [7, 11) is 6.28. The molecule has 4 aliphatic rings. The molecule has 4 unspecified atom stereocenters. The number of nitrogens with zero attached hydrogens (tertiary/aromatic N) is 3. The van der Waals surface area contributed by atoms with Gasteiger partial charge in [0.05, 0.1) is 48.7 Å². The normalized spacial score (nSPS) is 28.3. The van der Waals surface area contributed by atoms with Crippen molar-refractivity contribution in [1.29, 1.82) is 0 Å². The van der Waals surface area contributed by atoms with Gasteiger partial charge in [0, 0.05) is 78.8 Å². The Balaban J connectivity index is 1.45. The third-order valence-corrected chi connectivity index (χ3v) is 17.7. The number of rotatable bonds is 12. The Morgan fingerprint density at radius 3 is 0.892 bits per heavy atom. The Kier molecular flexibility index (Phi) is 13.2. The van der Waals surface area contributed by atoms with Gasteiger partial charge in [0.25, 0.3) is 0 Å². The standard InChI is InChI=1S/C53H82N4O8/c1-46(2)24-32(50(9,10)54-46)28-62-42(58)36-20-21-38(44(60)64-30-34-26-48(5,6)56(18)52(34,13)14)41-39(45(61)65-31-35-27-49(7,8)57(19)53(35,15)16)23-22-37(40(36)41)43(59)63-29-33-25-47(3,4)55(17)51(33,11)12/h20-23,32-35,54H,24-31H2,1-19H3. The van der Waals surface area contributed by atoms with Crippen LogP contribution in [0.4, 0.5) is 0 Å². The average Bonchev–Trinajstić information content (AvgIpc) is 3.66. The number of likely N-dealkylation sites (tertiary alicyclic amines) is 3. The number of carbonyl (C=O) groups excluding carboxylic acids is 4. The second-order valence-corrected chi connectivity index (χ2v) is 24.9. The van der Waals surface area contributed by atoms with Gasteiger partial charge in [-0.2, -0.15) is 0 Å². The molecule has 0 spiro atoms. The lowest BCUT2D eigenvalue weighted by molar-refractivity contribution is 0.0312. The first-order valence-electron chi connectivity index (χ1n) is 23.9. The highest BCUT2D eigenvalue weighted by Crippen LogP contribution is 2.47. The maximum atomic E-state index is 14.6. The lowest BCUT2D eigenvalue weighted by Gasteiger charge is -2.38. The zero-order valence-corrected chi connectivity index (χ0v) is 43.4. The first-order valence-corrected chi connectivity index (χ1v) is 23.9. The minimum Gasteiger partial charge on any atom is -0.462 e. The Hall–Kier alpha value is -3.58. The summed E-state index contributed by atoms with van der Waals surface area (Å²) in [4.78, 5) is 65.4. The summed E-state index contributed by atoms with van der Waals surface area (Å²) in [5.74, 6) is -2.63. The third kappa shape index (κ3) is 9.36. The molecule has 65 heavy (non-hydrogen) atoms. The highest BCUT2D eigenvalue weighted by Gasteiger charge is 2.52. The fourth-order valence-electron chi connectivity index (χ4n) is 12.3. The van der Waals surface area contributed by atoms with Crippen LogP contribution >= 0.6 is 0 Å². The summed E-state index contributed by atoms with van der Waals surface area (Å²) >= 11 is 0. The van der Waals surface area contributed by atoms with Gasteiger partial charge >= 0.3 is 23.9 Å². The van der Waals surface area contributed by atoms with Crippen molar-refractivity contribution >= 4 is 34.6 Å². The van der Waals surface area contributed by atoms with Crippen LogP contribution in [0.15, 0.2) is 24.3 Å². The molecule has 6 rings (SSSR count). The number of fused-ring (bicyclic) bond motifs is 1. The first kappa shape index (κ1) is 50.8. The average molecular weight is 903 g/mol. The fraction of sp³-hybridized carbons (Fsp3) is 0.736. The Labute approximate surface area is 390 Å². The second-order valence-electron chi connectivity index (χ2n) is 24.9. The first-order chi connectivity index (χ1) is 29.6. The number of carbonyl (C=O) groups is 4. The van der Waals surface area contributed by atoms with E-state index in [0.29, 0.717) is 0 Å². The van der Waals surface area contributed by atoms with Crippen molar-refractivity contribution in [3.63, 3.8) is 0 Å². The Morgan fingerprint density at radius 1 is 0.446 bits per heavy atom. The van der Waals surface area contributed by atoms with Gasteiger partial charge in [-0.3, -0.25) is 14.7 Å². The molecule has 4 saturated heterocycles. The van der Waals surface area contributed by atoms with Crippen LogP contribution in [0.25, 0.3) is 10.8 Å². The van der Waals surface area contributed by atoms with Crippen LogP contribution in [0.5, 0.6) is 0 Å². The summed E-state index contributed by atoms with van der Waals surface area (Å²) in [6.45, 7) is 35.0. The molecule has 0 aliphatic carbocycles. The zero-order chi connectivity index (χ0) is 48.8.